The molecule has 1 aromatic carbocycles. The molecule has 1 amide bonds. The van der Waals surface area contributed by atoms with E-state index in [1.54, 1.807) is 7.11 Å². The summed E-state index contributed by atoms with van der Waals surface area (Å²) in [6, 6.07) is 7.49. The lowest BCUT2D eigenvalue weighted by Gasteiger charge is -2.42. The van der Waals surface area contributed by atoms with Crippen molar-refractivity contribution in [3.63, 3.8) is 0 Å². The average Bonchev–Trinajstić information content (AvgIpc) is 2.41. The third-order valence-corrected chi connectivity index (χ3v) is 3.94. The van der Waals surface area contributed by atoms with E-state index in [1.807, 2.05) is 29.2 Å². The molecule has 1 fully saturated rings. The van der Waals surface area contributed by atoms with E-state index in [0.717, 1.165) is 6.42 Å². The van der Waals surface area contributed by atoms with Crippen LogP contribution in [-0.4, -0.2) is 37.0 Å². The zero-order valence-corrected chi connectivity index (χ0v) is 13.1. The maximum Gasteiger partial charge on any atom is 0.257 e. The number of nitrogens with zero attached hydrogens (tertiary/aromatic N) is 1. The maximum absolute atomic E-state index is 12.6. The Hall–Kier alpha value is -1.26. The topological polar surface area (TPSA) is 55.6 Å². The number of piperidine rings is 1. The van der Waals surface area contributed by atoms with Crippen LogP contribution in [0.25, 0.3) is 0 Å². The van der Waals surface area contributed by atoms with Gasteiger partial charge in [0.15, 0.2) is 0 Å². The van der Waals surface area contributed by atoms with Gasteiger partial charge in [0, 0.05) is 19.1 Å². The molecule has 0 spiro atoms. The Balaban J connectivity index is 0.00000200. The van der Waals surface area contributed by atoms with Crippen molar-refractivity contribution < 1.29 is 9.53 Å². The first-order valence-electron chi connectivity index (χ1n) is 6.63. The van der Waals surface area contributed by atoms with Crippen LogP contribution in [0.15, 0.2) is 24.3 Å². The molecular formula is C15H23ClN2O2. The summed E-state index contributed by atoms with van der Waals surface area (Å²) in [4.78, 5) is 14.5. The van der Waals surface area contributed by atoms with Gasteiger partial charge in [0.25, 0.3) is 5.91 Å². The van der Waals surface area contributed by atoms with E-state index in [1.165, 1.54) is 0 Å². The lowest BCUT2D eigenvalue weighted by Crippen LogP contribution is -2.54. The highest BCUT2D eigenvalue weighted by atomic mass is 35.5. The molecule has 0 saturated carbocycles. The second-order valence-electron chi connectivity index (χ2n) is 5.81. The van der Waals surface area contributed by atoms with Crippen molar-refractivity contribution >= 4 is 18.3 Å². The van der Waals surface area contributed by atoms with Crippen molar-refractivity contribution in [2.45, 2.75) is 26.3 Å². The minimum atomic E-state index is -0.0457. The van der Waals surface area contributed by atoms with Crippen LogP contribution in [-0.2, 0) is 0 Å². The number of halogens is 1. The van der Waals surface area contributed by atoms with Gasteiger partial charge in [-0.15, -0.1) is 12.4 Å². The van der Waals surface area contributed by atoms with E-state index in [4.69, 9.17) is 10.5 Å². The molecule has 1 unspecified atom stereocenters. The van der Waals surface area contributed by atoms with E-state index >= 15 is 0 Å². The smallest absolute Gasteiger partial charge is 0.257 e. The molecule has 1 aromatic rings. The molecule has 0 radical (unpaired) electrons. The molecular weight excluding hydrogens is 276 g/mol. The Labute approximate surface area is 126 Å². The molecule has 2 rings (SSSR count). The minimum absolute atomic E-state index is 0. The molecule has 0 aromatic heterocycles. The standard InChI is InChI=1S/C15H22N2O2.ClH/c1-15(2)10-17(9-8-13(15)16)14(18)11-6-4-5-7-12(11)19-3;/h4-7,13H,8-10,16H2,1-3H3;1H. The molecule has 1 heterocycles. The number of nitrogens with two attached hydrogens (primary N) is 1. The van der Waals surface area contributed by atoms with Crippen molar-refractivity contribution in [1.29, 1.82) is 0 Å². The van der Waals surface area contributed by atoms with Gasteiger partial charge in [-0.2, -0.15) is 0 Å². The third-order valence-electron chi connectivity index (χ3n) is 3.94. The second-order valence-corrected chi connectivity index (χ2v) is 5.81. The van der Waals surface area contributed by atoms with Crippen LogP contribution < -0.4 is 10.5 Å². The summed E-state index contributed by atoms with van der Waals surface area (Å²) in [5.74, 6) is 0.651. The van der Waals surface area contributed by atoms with Crippen molar-refractivity contribution in [2.24, 2.45) is 11.1 Å². The summed E-state index contributed by atoms with van der Waals surface area (Å²) in [7, 11) is 1.59. The summed E-state index contributed by atoms with van der Waals surface area (Å²) in [5.41, 5.74) is 6.68. The highest BCUT2D eigenvalue weighted by Gasteiger charge is 2.36. The highest BCUT2D eigenvalue weighted by Crippen LogP contribution is 2.29. The Bertz CT molecular complexity index is 477. The number of hydrogen-bond acceptors (Lipinski definition) is 3. The summed E-state index contributed by atoms with van der Waals surface area (Å²) in [5, 5.41) is 0. The number of carbonyl (C=O) groups excluding carboxylic acids is 1. The van der Waals surface area contributed by atoms with Gasteiger partial charge in [-0.25, -0.2) is 0 Å². The minimum Gasteiger partial charge on any atom is -0.496 e. The number of methoxy groups -OCH3 is 1. The Morgan fingerprint density at radius 3 is 2.65 bits per heavy atom. The van der Waals surface area contributed by atoms with Crippen molar-refractivity contribution in [1.82, 2.24) is 4.90 Å². The van der Waals surface area contributed by atoms with Gasteiger partial charge in [0.1, 0.15) is 5.75 Å². The summed E-state index contributed by atoms with van der Waals surface area (Å²) in [6.07, 6.45) is 0.841. The lowest BCUT2D eigenvalue weighted by atomic mass is 9.79. The Kier molecular flexibility index (Phi) is 5.42. The first-order valence-corrected chi connectivity index (χ1v) is 6.63. The zero-order valence-electron chi connectivity index (χ0n) is 12.3. The predicted molar refractivity (Wildman–Crippen MR) is 82.5 cm³/mol. The number of ether oxygens (including phenoxy) is 1. The fourth-order valence-electron chi connectivity index (χ4n) is 2.54. The van der Waals surface area contributed by atoms with Crippen LogP contribution in [0.2, 0.25) is 0 Å². The van der Waals surface area contributed by atoms with Crippen LogP contribution in [0.5, 0.6) is 5.75 Å². The monoisotopic (exact) mass is 298 g/mol. The fourth-order valence-corrected chi connectivity index (χ4v) is 2.54. The van der Waals surface area contributed by atoms with Crippen molar-refractivity contribution in [2.75, 3.05) is 20.2 Å². The Morgan fingerprint density at radius 1 is 1.40 bits per heavy atom. The van der Waals surface area contributed by atoms with Crippen LogP contribution >= 0.6 is 12.4 Å². The van der Waals surface area contributed by atoms with E-state index in [9.17, 15) is 4.79 Å². The van der Waals surface area contributed by atoms with Crippen LogP contribution in [0, 0.1) is 5.41 Å². The maximum atomic E-state index is 12.6. The van der Waals surface area contributed by atoms with Crippen LogP contribution in [0.4, 0.5) is 0 Å². The number of para-hydroxylation sites is 1. The van der Waals surface area contributed by atoms with Gasteiger partial charge in [-0.3, -0.25) is 4.79 Å². The molecule has 0 bridgehead atoms. The average molecular weight is 299 g/mol. The molecule has 0 aliphatic carbocycles. The van der Waals surface area contributed by atoms with Gasteiger partial charge in [-0.05, 0) is 24.0 Å². The largest absolute Gasteiger partial charge is 0.496 e. The summed E-state index contributed by atoms with van der Waals surface area (Å²) < 4.78 is 5.26. The van der Waals surface area contributed by atoms with E-state index in [2.05, 4.69) is 13.8 Å². The van der Waals surface area contributed by atoms with Crippen LogP contribution in [0.1, 0.15) is 30.6 Å². The molecule has 1 atom stereocenters. The van der Waals surface area contributed by atoms with Crippen molar-refractivity contribution in [3.8, 4) is 5.75 Å². The number of benzene rings is 1. The summed E-state index contributed by atoms with van der Waals surface area (Å²) in [6.45, 7) is 5.62. The molecule has 112 valence electrons. The number of rotatable bonds is 2. The first kappa shape index (κ1) is 16.8. The number of amides is 1. The van der Waals surface area contributed by atoms with E-state index in [-0.39, 0.29) is 29.8 Å². The SMILES string of the molecule is COc1ccccc1C(=O)N1CCC(N)C(C)(C)C1.Cl. The summed E-state index contributed by atoms with van der Waals surface area (Å²) >= 11 is 0. The zero-order chi connectivity index (χ0) is 14.0. The van der Waals surface area contributed by atoms with Gasteiger partial charge < -0.3 is 15.4 Å². The molecule has 4 nitrogen and oxygen atoms in total. The molecule has 5 heteroatoms. The van der Waals surface area contributed by atoms with E-state index < -0.39 is 0 Å². The van der Waals surface area contributed by atoms with Gasteiger partial charge >= 0.3 is 0 Å². The van der Waals surface area contributed by atoms with E-state index in [0.29, 0.717) is 24.4 Å². The van der Waals surface area contributed by atoms with Gasteiger partial charge in [0.2, 0.25) is 0 Å². The molecule has 1 aliphatic heterocycles. The quantitative estimate of drug-likeness (QED) is 0.911. The molecule has 1 saturated heterocycles. The predicted octanol–water partition coefficient (Wildman–Crippen LogP) is 2.32. The number of carbonyl (C=O) groups is 1. The van der Waals surface area contributed by atoms with Gasteiger partial charge in [-0.1, -0.05) is 26.0 Å². The number of hydrogen-bond donors (Lipinski definition) is 1. The highest BCUT2D eigenvalue weighted by molar-refractivity contribution is 5.97. The molecule has 1 aliphatic rings. The lowest BCUT2D eigenvalue weighted by molar-refractivity contribution is 0.0530. The second kappa shape index (κ2) is 6.46. The normalized spacial score (nSPS) is 21.0. The van der Waals surface area contributed by atoms with Crippen molar-refractivity contribution in [3.05, 3.63) is 29.8 Å². The fraction of sp³-hybridized carbons (Fsp3) is 0.533. The van der Waals surface area contributed by atoms with Crippen LogP contribution in [0.3, 0.4) is 0 Å². The Morgan fingerprint density at radius 2 is 2.05 bits per heavy atom. The number of likely N-dealkylation sites (tertiary alicyclic amines) is 1. The first-order chi connectivity index (χ1) is 8.95. The third kappa shape index (κ3) is 3.25. The molecule has 20 heavy (non-hydrogen) atoms. The molecule has 2 N–H and O–H groups in total. The van der Waals surface area contributed by atoms with Gasteiger partial charge in [0.05, 0.1) is 12.7 Å².